The van der Waals surface area contributed by atoms with Crippen molar-refractivity contribution in [3.63, 3.8) is 0 Å². The van der Waals surface area contributed by atoms with E-state index in [4.69, 9.17) is 16.3 Å². The molecule has 0 saturated heterocycles. The molecule has 2 heteroatoms. The maximum atomic E-state index is 6.20. The predicted molar refractivity (Wildman–Crippen MR) is 77.7 cm³/mol. The SMILES string of the molecule is C=C(Cl)C1(C)CCc2c(C)c(C)c(C)c(C)c2O1. The van der Waals surface area contributed by atoms with Crippen molar-refractivity contribution in [2.24, 2.45) is 0 Å². The summed E-state index contributed by atoms with van der Waals surface area (Å²) in [5, 5.41) is 0.587. The van der Waals surface area contributed by atoms with Crippen LogP contribution in [0.3, 0.4) is 0 Å². The van der Waals surface area contributed by atoms with Gasteiger partial charge in [0.2, 0.25) is 0 Å². The Kier molecular flexibility index (Phi) is 3.23. The van der Waals surface area contributed by atoms with Gasteiger partial charge in [-0.25, -0.2) is 0 Å². The van der Waals surface area contributed by atoms with Gasteiger partial charge in [0.15, 0.2) is 0 Å². The summed E-state index contributed by atoms with van der Waals surface area (Å²) in [4.78, 5) is 0. The molecule has 1 aliphatic rings. The average Bonchev–Trinajstić information content (AvgIpc) is 2.33. The molecule has 1 heterocycles. The van der Waals surface area contributed by atoms with Gasteiger partial charge in [-0.3, -0.25) is 0 Å². The number of halogens is 1. The van der Waals surface area contributed by atoms with Crippen LogP contribution in [0.4, 0.5) is 0 Å². The van der Waals surface area contributed by atoms with Crippen molar-refractivity contribution in [2.75, 3.05) is 0 Å². The minimum absolute atomic E-state index is 0.437. The lowest BCUT2D eigenvalue weighted by atomic mass is 9.85. The van der Waals surface area contributed by atoms with E-state index in [1.807, 2.05) is 6.92 Å². The van der Waals surface area contributed by atoms with Crippen LogP contribution in [0.5, 0.6) is 5.75 Å². The van der Waals surface area contributed by atoms with Crippen molar-refractivity contribution in [3.05, 3.63) is 39.4 Å². The van der Waals surface area contributed by atoms with Gasteiger partial charge < -0.3 is 4.74 Å². The zero-order chi connectivity index (χ0) is 13.7. The fraction of sp³-hybridized carbons (Fsp3) is 0.500. The standard InChI is InChI=1S/C16H21ClO/c1-9-10(2)12(4)15-14(11(9)3)7-8-16(6,18-15)13(5)17/h5,7-8H2,1-4,6H3. The van der Waals surface area contributed by atoms with E-state index in [1.54, 1.807) is 0 Å². The maximum Gasteiger partial charge on any atom is 0.141 e. The van der Waals surface area contributed by atoms with E-state index in [-0.39, 0.29) is 0 Å². The predicted octanol–water partition coefficient (Wildman–Crippen LogP) is 4.76. The third kappa shape index (κ3) is 1.85. The largest absolute Gasteiger partial charge is 0.481 e. The van der Waals surface area contributed by atoms with Gasteiger partial charge in [0.25, 0.3) is 0 Å². The van der Waals surface area contributed by atoms with Gasteiger partial charge in [0, 0.05) is 0 Å². The van der Waals surface area contributed by atoms with Crippen LogP contribution in [-0.2, 0) is 6.42 Å². The van der Waals surface area contributed by atoms with Crippen molar-refractivity contribution < 1.29 is 4.74 Å². The fourth-order valence-electron chi connectivity index (χ4n) is 2.63. The number of fused-ring (bicyclic) bond motifs is 1. The van der Waals surface area contributed by atoms with E-state index in [2.05, 4.69) is 34.3 Å². The first kappa shape index (κ1) is 13.5. The van der Waals surface area contributed by atoms with Crippen LogP contribution in [0.25, 0.3) is 0 Å². The monoisotopic (exact) mass is 264 g/mol. The Morgan fingerprint density at radius 1 is 1.11 bits per heavy atom. The zero-order valence-electron chi connectivity index (χ0n) is 11.9. The Hall–Kier alpha value is -0.950. The second-order valence-corrected chi connectivity index (χ2v) is 6.00. The summed E-state index contributed by atoms with van der Waals surface area (Å²) in [5.41, 5.74) is 6.19. The van der Waals surface area contributed by atoms with Crippen molar-refractivity contribution in [1.29, 1.82) is 0 Å². The van der Waals surface area contributed by atoms with E-state index in [1.165, 1.54) is 27.8 Å². The minimum atomic E-state index is -0.437. The summed E-state index contributed by atoms with van der Waals surface area (Å²) in [7, 11) is 0. The van der Waals surface area contributed by atoms with E-state index in [0.29, 0.717) is 5.03 Å². The maximum absolute atomic E-state index is 6.20. The fourth-order valence-corrected chi connectivity index (χ4v) is 2.76. The smallest absolute Gasteiger partial charge is 0.141 e. The lowest BCUT2D eigenvalue weighted by Crippen LogP contribution is -2.37. The number of hydrogen-bond donors (Lipinski definition) is 0. The summed E-state index contributed by atoms with van der Waals surface area (Å²) < 4.78 is 6.20. The molecule has 0 saturated carbocycles. The molecule has 1 atom stereocenters. The molecule has 0 bridgehead atoms. The van der Waals surface area contributed by atoms with Crippen LogP contribution in [-0.4, -0.2) is 5.60 Å². The Morgan fingerprint density at radius 2 is 1.67 bits per heavy atom. The number of rotatable bonds is 1. The van der Waals surface area contributed by atoms with Crippen molar-refractivity contribution in [3.8, 4) is 5.75 Å². The lowest BCUT2D eigenvalue weighted by molar-refractivity contribution is 0.108. The van der Waals surface area contributed by atoms with Crippen LogP contribution in [0.2, 0.25) is 0 Å². The highest BCUT2D eigenvalue weighted by molar-refractivity contribution is 6.30. The van der Waals surface area contributed by atoms with E-state index in [0.717, 1.165) is 18.6 Å². The number of hydrogen-bond acceptors (Lipinski definition) is 1. The van der Waals surface area contributed by atoms with Crippen LogP contribution >= 0.6 is 11.6 Å². The Labute approximate surface area is 115 Å². The second kappa shape index (κ2) is 4.31. The lowest BCUT2D eigenvalue weighted by Gasteiger charge is -2.37. The Bertz CT molecular complexity index is 531. The molecule has 0 fully saturated rings. The third-order valence-corrected chi connectivity index (χ3v) is 4.91. The van der Waals surface area contributed by atoms with Crippen molar-refractivity contribution >= 4 is 11.6 Å². The van der Waals surface area contributed by atoms with Crippen LogP contribution in [0, 0.1) is 27.7 Å². The van der Waals surface area contributed by atoms with E-state index >= 15 is 0 Å². The molecule has 18 heavy (non-hydrogen) atoms. The third-order valence-electron chi connectivity index (χ3n) is 4.51. The molecule has 0 radical (unpaired) electrons. The molecular weight excluding hydrogens is 244 g/mol. The van der Waals surface area contributed by atoms with Crippen molar-refractivity contribution in [2.45, 2.75) is 53.1 Å². The van der Waals surface area contributed by atoms with Crippen LogP contribution < -0.4 is 4.74 Å². The molecule has 2 rings (SSSR count). The Balaban J connectivity index is 2.61. The zero-order valence-corrected chi connectivity index (χ0v) is 12.7. The molecule has 0 amide bonds. The average molecular weight is 265 g/mol. The molecule has 0 aromatic heterocycles. The Morgan fingerprint density at radius 3 is 2.22 bits per heavy atom. The van der Waals surface area contributed by atoms with Gasteiger partial charge in [0.05, 0.1) is 5.03 Å². The highest BCUT2D eigenvalue weighted by Crippen LogP contribution is 2.43. The summed E-state index contributed by atoms with van der Waals surface area (Å²) in [6.07, 6.45) is 1.90. The van der Waals surface area contributed by atoms with E-state index < -0.39 is 5.60 Å². The van der Waals surface area contributed by atoms with Crippen LogP contribution in [0.15, 0.2) is 11.6 Å². The minimum Gasteiger partial charge on any atom is -0.481 e. The van der Waals surface area contributed by atoms with Gasteiger partial charge in [-0.15, -0.1) is 0 Å². The first-order chi connectivity index (χ1) is 8.28. The van der Waals surface area contributed by atoms with Gasteiger partial charge in [-0.1, -0.05) is 18.2 Å². The molecule has 1 unspecified atom stereocenters. The molecule has 1 nitrogen and oxygen atoms in total. The topological polar surface area (TPSA) is 9.23 Å². The number of ether oxygens (including phenoxy) is 1. The first-order valence-corrected chi connectivity index (χ1v) is 6.79. The second-order valence-electron chi connectivity index (χ2n) is 5.55. The molecule has 0 aliphatic carbocycles. The first-order valence-electron chi connectivity index (χ1n) is 6.41. The molecule has 98 valence electrons. The normalized spacial score (nSPS) is 22.3. The number of benzene rings is 1. The highest BCUT2D eigenvalue weighted by atomic mass is 35.5. The molecular formula is C16H21ClO. The summed E-state index contributed by atoms with van der Waals surface area (Å²) in [6.45, 7) is 14.5. The van der Waals surface area contributed by atoms with Gasteiger partial charge >= 0.3 is 0 Å². The highest BCUT2D eigenvalue weighted by Gasteiger charge is 2.35. The van der Waals surface area contributed by atoms with Crippen LogP contribution in [0.1, 0.15) is 41.2 Å². The summed E-state index contributed by atoms with van der Waals surface area (Å²) in [5.74, 6) is 1.02. The van der Waals surface area contributed by atoms with Gasteiger partial charge in [-0.05, 0) is 75.3 Å². The molecule has 1 aromatic rings. The van der Waals surface area contributed by atoms with E-state index in [9.17, 15) is 0 Å². The molecule has 0 spiro atoms. The summed E-state index contributed by atoms with van der Waals surface area (Å²) in [6, 6.07) is 0. The van der Waals surface area contributed by atoms with Crippen molar-refractivity contribution in [1.82, 2.24) is 0 Å². The van der Waals surface area contributed by atoms with Gasteiger partial charge in [0.1, 0.15) is 11.4 Å². The molecule has 0 N–H and O–H groups in total. The molecule has 1 aromatic carbocycles. The summed E-state index contributed by atoms with van der Waals surface area (Å²) >= 11 is 6.11. The molecule has 1 aliphatic heterocycles. The van der Waals surface area contributed by atoms with Gasteiger partial charge in [-0.2, -0.15) is 0 Å². The quantitative estimate of drug-likeness (QED) is 0.711.